The van der Waals surface area contributed by atoms with E-state index in [0.29, 0.717) is 28.7 Å². The Morgan fingerprint density at radius 1 is 0.786 bits per heavy atom. The van der Waals surface area contributed by atoms with E-state index < -0.39 is 11.7 Å². The topological polar surface area (TPSA) is 177 Å². The van der Waals surface area contributed by atoms with Crippen LogP contribution < -0.4 is 17.2 Å². The average molecular weight is 566 g/mol. The quantitative estimate of drug-likeness (QED) is 0.178. The van der Waals surface area contributed by atoms with Gasteiger partial charge in [0.2, 0.25) is 0 Å². The standard InChI is InChI=1S/C18H20N4O2.C12H11N5.CH4/c1-11-5-6-14-12(7-11)8-15(16-20-9-13(19)10-21-16)22(14)17(23)24-18(2,3)4;13-8-1-2-10-7(3-8)4-11(17-10)12-15-5-9(14)6-16-12;/h5-10H,19H2,1-4H3;1-6,17H,13-14H2;1H4. The highest BCUT2D eigenvalue weighted by atomic mass is 16.6. The number of aromatic nitrogens is 6. The molecular formula is C31H35N9O2. The number of nitrogen functional groups attached to an aromatic ring is 3. The number of benzene rings is 2. The second kappa shape index (κ2) is 11.6. The Bertz CT molecular complexity index is 1850. The van der Waals surface area contributed by atoms with Crippen molar-refractivity contribution in [2.75, 3.05) is 17.2 Å². The number of nitrogens with zero attached hydrogens (tertiary/aromatic N) is 5. The van der Waals surface area contributed by atoms with Crippen LogP contribution in [0.25, 0.3) is 44.8 Å². The van der Waals surface area contributed by atoms with Gasteiger partial charge in [0.1, 0.15) is 5.60 Å². The van der Waals surface area contributed by atoms with Gasteiger partial charge < -0.3 is 26.9 Å². The summed E-state index contributed by atoms with van der Waals surface area (Å²) in [6, 6.07) is 15.4. The van der Waals surface area contributed by atoms with Gasteiger partial charge in [-0.3, -0.25) is 0 Å². The van der Waals surface area contributed by atoms with Crippen molar-refractivity contribution in [3.05, 3.63) is 78.9 Å². The maximum absolute atomic E-state index is 12.7. The monoisotopic (exact) mass is 565 g/mol. The van der Waals surface area contributed by atoms with Gasteiger partial charge in [-0.1, -0.05) is 19.1 Å². The van der Waals surface area contributed by atoms with Gasteiger partial charge in [-0.05, 0) is 70.2 Å². The Morgan fingerprint density at radius 2 is 1.40 bits per heavy atom. The predicted octanol–water partition coefficient (Wildman–Crippen LogP) is 6.20. The van der Waals surface area contributed by atoms with Crippen molar-refractivity contribution >= 4 is 45.0 Å². The average Bonchev–Trinajstić information content (AvgIpc) is 3.50. The van der Waals surface area contributed by atoms with E-state index in [2.05, 4.69) is 24.9 Å². The largest absolute Gasteiger partial charge is 0.443 e. The zero-order valence-corrected chi connectivity index (χ0v) is 23.2. The molecule has 6 rings (SSSR count). The smallest absolute Gasteiger partial charge is 0.419 e. The third-order valence-electron chi connectivity index (χ3n) is 5.99. The Kier molecular flexibility index (Phi) is 8.14. The Morgan fingerprint density at radius 3 is 2.02 bits per heavy atom. The molecule has 0 aliphatic rings. The summed E-state index contributed by atoms with van der Waals surface area (Å²) >= 11 is 0. The summed E-state index contributed by atoms with van der Waals surface area (Å²) in [6.07, 6.45) is 5.75. The van der Waals surface area contributed by atoms with Crippen LogP contribution in [0.3, 0.4) is 0 Å². The first-order valence-corrected chi connectivity index (χ1v) is 12.9. The van der Waals surface area contributed by atoms with Crippen LogP contribution in [0.4, 0.5) is 21.9 Å². The van der Waals surface area contributed by atoms with E-state index in [9.17, 15) is 4.79 Å². The highest BCUT2D eigenvalue weighted by Crippen LogP contribution is 2.28. The molecule has 6 aromatic rings. The normalized spacial score (nSPS) is 11.0. The molecular weight excluding hydrogens is 530 g/mol. The van der Waals surface area contributed by atoms with Crippen LogP contribution in [0.2, 0.25) is 0 Å². The number of hydrogen-bond donors (Lipinski definition) is 4. The zero-order valence-electron chi connectivity index (χ0n) is 23.2. The Labute approximate surface area is 243 Å². The summed E-state index contributed by atoms with van der Waals surface area (Å²) in [7, 11) is 0. The molecule has 0 fully saturated rings. The molecule has 0 bridgehead atoms. The van der Waals surface area contributed by atoms with Crippen molar-refractivity contribution in [3.8, 4) is 23.0 Å². The third kappa shape index (κ3) is 6.47. The van der Waals surface area contributed by atoms with E-state index in [1.165, 1.54) is 17.0 Å². The molecule has 11 nitrogen and oxygen atoms in total. The number of fused-ring (bicyclic) bond motifs is 2. The lowest BCUT2D eigenvalue weighted by Crippen LogP contribution is -2.27. The van der Waals surface area contributed by atoms with E-state index in [1.807, 2.05) is 76.2 Å². The minimum absolute atomic E-state index is 0. The van der Waals surface area contributed by atoms with Crippen LogP contribution in [-0.4, -0.2) is 41.2 Å². The number of nitrogens with two attached hydrogens (primary N) is 3. The number of aromatic amines is 1. The van der Waals surface area contributed by atoms with Gasteiger partial charge in [-0.15, -0.1) is 0 Å². The number of H-pyrrole nitrogens is 1. The molecule has 42 heavy (non-hydrogen) atoms. The van der Waals surface area contributed by atoms with E-state index >= 15 is 0 Å². The molecule has 0 spiro atoms. The summed E-state index contributed by atoms with van der Waals surface area (Å²) in [4.78, 5) is 32.8. The first kappa shape index (κ1) is 29.5. The SMILES string of the molecule is C.Cc1ccc2c(c1)cc(-c1ncc(N)cn1)n2C(=O)OC(C)(C)C.Nc1cnc(-c2cc3cc(N)ccc3[nH]2)nc1. The lowest BCUT2D eigenvalue weighted by atomic mass is 10.2. The number of carbonyl (C=O) groups excluding carboxylic acids is 1. The van der Waals surface area contributed by atoms with Crippen LogP contribution >= 0.6 is 0 Å². The maximum Gasteiger partial charge on any atom is 0.419 e. The molecule has 4 heterocycles. The van der Waals surface area contributed by atoms with Gasteiger partial charge in [-0.25, -0.2) is 29.3 Å². The van der Waals surface area contributed by atoms with E-state index in [4.69, 9.17) is 21.9 Å². The molecule has 216 valence electrons. The minimum Gasteiger partial charge on any atom is -0.443 e. The third-order valence-corrected chi connectivity index (χ3v) is 5.99. The number of hydrogen-bond acceptors (Lipinski definition) is 9. The summed E-state index contributed by atoms with van der Waals surface area (Å²) in [5.41, 5.74) is 22.4. The van der Waals surface area contributed by atoms with Crippen molar-refractivity contribution in [2.45, 2.75) is 40.7 Å². The molecule has 0 saturated carbocycles. The van der Waals surface area contributed by atoms with Crippen LogP contribution in [0.5, 0.6) is 0 Å². The van der Waals surface area contributed by atoms with Crippen molar-refractivity contribution in [2.24, 2.45) is 0 Å². The fraction of sp³-hybridized carbons (Fsp3) is 0.194. The summed E-state index contributed by atoms with van der Waals surface area (Å²) in [6.45, 7) is 7.50. The van der Waals surface area contributed by atoms with Crippen LogP contribution in [0, 0.1) is 6.92 Å². The van der Waals surface area contributed by atoms with E-state index in [0.717, 1.165) is 38.8 Å². The highest BCUT2D eigenvalue weighted by Gasteiger charge is 2.23. The highest BCUT2D eigenvalue weighted by molar-refractivity contribution is 5.95. The molecule has 0 saturated heterocycles. The molecule has 4 aromatic heterocycles. The molecule has 0 aliphatic carbocycles. The Hall–Kier alpha value is -5.45. The minimum atomic E-state index is -0.600. The fourth-order valence-electron chi connectivity index (χ4n) is 4.22. The van der Waals surface area contributed by atoms with Crippen molar-refractivity contribution in [3.63, 3.8) is 0 Å². The second-order valence-electron chi connectivity index (χ2n) is 10.6. The summed E-state index contributed by atoms with van der Waals surface area (Å²) in [5, 5.41) is 1.97. The van der Waals surface area contributed by atoms with Crippen molar-refractivity contribution < 1.29 is 9.53 Å². The molecule has 0 amide bonds. The van der Waals surface area contributed by atoms with Crippen LogP contribution in [-0.2, 0) is 4.74 Å². The lowest BCUT2D eigenvalue weighted by Gasteiger charge is -2.20. The molecule has 11 heteroatoms. The van der Waals surface area contributed by atoms with Gasteiger partial charge in [-0.2, -0.15) is 0 Å². The van der Waals surface area contributed by atoms with Gasteiger partial charge in [0.15, 0.2) is 11.6 Å². The van der Waals surface area contributed by atoms with Crippen molar-refractivity contribution in [1.82, 2.24) is 29.5 Å². The number of nitrogens with one attached hydrogen (secondary N) is 1. The molecule has 0 atom stereocenters. The molecule has 0 aliphatic heterocycles. The Balaban J connectivity index is 0.000000198. The number of ether oxygens (including phenoxy) is 1. The predicted molar refractivity (Wildman–Crippen MR) is 169 cm³/mol. The summed E-state index contributed by atoms with van der Waals surface area (Å²) in [5.74, 6) is 1.04. The zero-order chi connectivity index (χ0) is 29.3. The maximum atomic E-state index is 12.7. The number of anilines is 3. The van der Waals surface area contributed by atoms with Gasteiger partial charge >= 0.3 is 6.09 Å². The summed E-state index contributed by atoms with van der Waals surface area (Å²) < 4.78 is 7.06. The van der Waals surface area contributed by atoms with Gasteiger partial charge in [0.05, 0.1) is 53.1 Å². The van der Waals surface area contributed by atoms with Crippen LogP contribution in [0.15, 0.2) is 73.3 Å². The first-order valence-electron chi connectivity index (χ1n) is 12.9. The van der Waals surface area contributed by atoms with Gasteiger partial charge in [0.25, 0.3) is 0 Å². The van der Waals surface area contributed by atoms with Crippen LogP contribution in [0.1, 0.15) is 33.8 Å². The number of carbonyl (C=O) groups is 1. The molecule has 7 N–H and O–H groups in total. The number of rotatable bonds is 2. The lowest BCUT2D eigenvalue weighted by molar-refractivity contribution is 0.0547. The molecule has 2 aromatic carbocycles. The second-order valence-corrected chi connectivity index (χ2v) is 10.6. The van der Waals surface area contributed by atoms with Crippen molar-refractivity contribution in [1.29, 1.82) is 0 Å². The molecule has 0 unspecified atom stereocenters. The van der Waals surface area contributed by atoms with E-state index in [1.54, 1.807) is 12.4 Å². The first-order chi connectivity index (χ1) is 19.5. The number of aryl methyl sites for hydroxylation is 1. The molecule has 0 radical (unpaired) electrons. The van der Waals surface area contributed by atoms with E-state index in [-0.39, 0.29) is 7.43 Å². The fourth-order valence-corrected chi connectivity index (χ4v) is 4.22. The van der Waals surface area contributed by atoms with Gasteiger partial charge in [0, 0.05) is 22.0 Å².